The zero-order valence-corrected chi connectivity index (χ0v) is 11.5. The van der Waals surface area contributed by atoms with Gasteiger partial charge in [0, 0.05) is 30.6 Å². The average molecular weight is 268 g/mol. The number of halogens is 1. The molecule has 1 rings (SSSR count). The van der Waals surface area contributed by atoms with E-state index >= 15 is 0 Å². The van der Waals surface area contributed by atoms with E-state index in [2.05, 4.69) is 10.6 Å². The molecule has 1 aromatic carbocycles. The van der Waals surface area contributed by atoms with Gasteiger partial charge in [-0.25, -0.2) is 4.39 Å². The molecular weight excluding hydrogens is 247 g/mol. The Bertz CT molecular complexity index is 435. The van der Waals surface area contributed by atoms with Crippen LogP contribution in [0.4, 0.5) is 4.39 Å². The van der Waals surface area contributed by atoms with E-state index in [1.807, 2.05) is 20.8 Å². The molecule has 0 radical (unpaired) electrons. The van der Waals surface area contributed by atoms with Gasteiger partial charge in [0.2, 0.25) is 5.91 Å². The van der Waals surface area contributed by atoms with E-state index in [0.29, 0.717) is 18.7 Å². The predicted octanol–water partition coefficient (Wildman–Crippen LogP) is 1.95. The summed E-state index contributed by atoms with van der Waals surface area (Å²) in [5.41, 5.74) is 0.509. The second kappa shape index (κ2) is 7.09. The Labute approximate surface area is 113 Å². The number of rotatable bonds is 6. The smallest absolute Gasteiger partial charge is 0.222 e. The standard InChI is InChI=1S/C14H21FN2O2/c1-9(2)14(19)17-7-6-16-10(3)12-8-11(15)4-5-13(12)18/h4-5,8-10,16,18H,6-7H2,1-3H3,(H,17,19). The van der Waals surface area contributed by atoms with Crippen LogP contribution in [0.25, 0.3) is 0 Å². The summed E-state index contributed by atoms with van der Waals surface area (Å²) in [6, 6.07) is 3.67. The highest BCUT2D eigenvalue weighted by Gasteiger charge is 2.11. The number of nitrogens with one attached hydrogen (secondary N) is 2. The van der Waals surface area contributed by atoms with Crippen molar-refractivity contribution in [1.82, 2.24) is 10.6 Å². The van der Waals surface area contributed by atoms with Gasteiger partial charge in [0.15, 0.2) is 0 Å². The molecule has 0 aliphatic rings. The molecule has 4 nitrogen and oxygen atoms in total. The molecule has 3 N–H and O–H groups in total. The summed E-state index contributed by atoms with van der Waals surface area (Å²) in [6.07, 6.45) is 0. The Balaban J connectivity index is 2.41. The molecule has 19 heavy (non-hydrogen) atoms. The third-order valence-corrected chi connectivity index (χ3v) is 2.86. The van der Waals surface area contributed by atoms with E-state index < -0.39 is 0 Å². The first kappa shape index (κ1) is 15.4. The summed E-state index contributed by atoms with van der Waals surface area (Å²) in [7, 11) is 0. The molecular formula is C14H21FN2O2. The molecule has 0 aliphatic carbocycles. The number of aromatic hydroxyl groups is 1. The normalized spacial score (nSPS) is 12.5. The zero-order valence-electron chi connectivity index (χ0n) is 11.5. The average Bonchev–Trinajstić information content (AvgIpc) is 2.36. The number of hydrogen-bond acceptors (Lipinski definition) is 3. The van der Waals surface area contributed by atoms with Crippen LogP contribution in [0.5, 0.6) is 5.75 Å². The SMILES string of the molecule is CC(C)C(=O)NCCNC(C)c1cc(F)ccc1O. The summed E-state index contributed by atoms with van der Waals surface area (Å²) in [4.78, 5) is 11.3. The minimum absolute atomic E-state index is 0.00283. The van der Waals surface area contributed by atoms with Crippen LogP contribution in [-0.2, 0) is 4.79 Å². The molecule has 1 aromatic rings. The highest BCUT2D eigenvalue weighted by molar-refractivity contribution is 5.77. The van der Waals surface area contributed by atoms with Crippen molar-refractivity contribution >= 4 is 5.91 Å². The molecule has 0 heterocycles. The number of amides is 1. The lowest BCUT2D eigenvalue weighted by Crippen LogP contribution is -2.35. The molecule has 1 atom stereocenters. The lowest BCUT2D eigenvalue weighted by molar-refractivity contribution is -0.123. The highest BCUT2D eigenvalue weighted by Crippen LogP contribution is 2.24. The Hall–Kier alpha value is -1.62. The maximum absolute atomic E-state index is 13.1. The quantitative estimate of drug-likeness (QED) is 0.691. The summed E-state index contributed by atoms with van der Waals surface area (Å²) < 4.78 is 13.1. The number of phenolic OH excluding ortho intramolecular Hbond substituents is 1. The monoisotopic (exact) mass is 268 g/mol. The van der Waals surface area contributed by atoms with Gasteiger partial charge in [0.05, 0.1) is 0 Å². The first-order valence-electron chi connectivity index (χ1n) is 6.41. The van der Waals surface area contributed by atoms with E-state index in [9.17, 15) is 14.3 Å². The zero-order chi connectivity index (χ0) is 14.4. The fraction of sp³-hybridized carbons (Fsp3) is 0.500. The van der Waals surface area contributed by atoms with Crippen molar-refractivity contribution < 1.29 is 14.3 Å². The molecule has 0 saturated heterocycles. The van der Waals surface area contributed by atoms with Crippen molar-refractivity contribution in [2.24, 2.45) is 5.92 Å². The largest absolute Gasteiger partial charge is 0.508 e. The van der Waals surface area contributed by atoms with Crippen LogP contribution in [0.3, 0.4) is 0 Å². The molecule has 0 bridgehead atoms. The van der Waals surface area contributed by atoms with Crippen LogP contribution in [0.2, 0.25) is 0 Å². The molecule has 0 saturated carbocycles. The number of benzene rings is 1. The van der Waals surface area contributed by atoms with Gasteiger partial charge in [0.1, 0.15) is 11.6 Å². The molecule has 0 spiro atoms. The summed E-state index contributed by atoms with van der Waals surface area (Å²) in [6.45, 7) is 6.54. The fourth-order valence-corrected chi connectivity index (χ4v) is 1.66. The van der Waals surface area contributed by atoms with Gasteiger partial charge in [-0.05, 0) is 25.1 Å². The van der Waals surface area contributed by atoms with Crippen LogP contribution < -0.4 is 10.6 Å². The summed E-state index contributed by atoms with van der Waals surface area (Å²) in [5, 5.41) is 15.5. The van der Waals surface area contributed by atoms with Crippen LogP contribution in [-0.4, -0.2) is 24.1 Å². The van der Waals surface area contributed by atoms with E-state index in [1.165, 1.54) is 18.2 Å². The van der Waals surface area contributed by atoms with Crippen LogP contribution >= 0.6 is 0 Å². The van der Waals surface area contributed by atoms with Crippen LogP contribution in [0, 0.1) is 11.7 Å². The van der Waals surface area contributed by atoms with E-state index in [-0.39, 0.29) is 29.4 Å². The van der Waals surface area contributed by atoms with Gasteiger partial charge in [-0.3, -0.25) is 4.79 Å². The van der Waals surface area contributed by atoms with Gasteiger partial charge >= 0.3 is 0 Å². The third-order valence-electron chi connectivity index (χ3n) is 2.86. The Morgan fingerprint density at radius 3 is 2.63 bits per heavy atom. The minimum atomic E-state index is -0.380. The first-order valence-corrected chi connectivity index (χ1v) is 6.41. The summed E-state index contributed by atoms with van der Waals surface area (Å²) in [5.74, 6) is -0.352. The van der Waals surface area contributed by atoms with Crippen molar-refractivity contribution in [1.29, 1.82) is 0 Å². The topological polar surface area (TPSA) is 61.4 Å². The van der Waals surface area contributed by atoms with E-state index in [4.69, 9.17) is 0 Å². The summed E-state index contributed by atoms with van der Waals surface area (Å²) >= 11 is 0. The molecule has 0 aromatic heterocycles. The van der Waals surface area contributed by atoms with E-state index in [1.54, 1.807) is 0 Å². The molecule has 1 unspecified atom stereocenters. The Kier molecular flexibility index (Phi) is 5.76. The highest BCUT2D eigenvalue weighted by atomic mass is 19.1. The van der Waals surface area contributed by atoms with Crippen molar-refractivity contribution in [2.45, 2.75) is 26.8 Å². The van der Waals surface area contributed by atoms with Gasteiger partial charge < -0.3 is 15.7 Å². The number of carbonyl (C=O) groups is 1. The van der Waals surface area contributed by atoms with Crippen LogP contribution in [0.15, 0.2) is 18.2 Å². The van der Waals surface area contributed by atoms with Crippen molar-refractivity contribution in [3.8, 4) is 5.75 Å². The van der Waals surface area contributed by atoms with Crippen molar-refractivity contribution in [3.63, 3.8) is 0 Å². The minimum Gasteiger partial charge on any atom is -0.508 e. The maximum atomic E-state index is 13.1. The van der Waals surface area contributed by atoms with Gasteiger partial charge in [-0.1, -0.05) is 13.8 Å². The van der Waals surface area contributed by atoms with Crippen molar-refractivity contribution in [2.75, 3.05) is 13.1 Å². The van der Waals surface area contributed by atoms with Gasteiger partial charge in [-0.2, -0.15) is 0 Å². The molecule has 0 fully saturated rings. The second-order valence-corrected chi connectivity index (χ2v) is 4.82. The molecule has 0 aliphatic heterocycles. The van der Waals surface area contributed by atoms with Crippen molar-refractivity contribution in [3.05, 3.63) is 29.6 Å². The molecule has 5 heteroatoms. The third kappa shape index (κ3) is 4.87. The second-order valence-electron chi connectivity index (χ2n) is 4.82. The maximum Gasteiger partial charge on any atom is 0.222 e. The fourth-order valence-electron chi connectivity index (χ4n) is 1.66. The Morgan fingerprint density at radius 2 is 2.00 bits per heavy atom. The van der Waals surface area contributed by atoms with Gasteiger partial charge in [-0.15, -0.1) is 0 Å². The number of carbonyl (C=O) groups excluding carboxylic acids is 1. The lowest BCUT2D eigenvalue weighted by Gasteiger charge is -2.16. The number of hydrogen-bond donors (Lipinski definition) is 3. The molecule has 106 valence electrons. The first-order chi connectivity index (χ1) is 8.91. The lowest BCUT2D eigenvalue weighted by atomic mass is 10.1. The Morgan fingerprint density at radius 1 is 1.32 bits per heavy atom. The van der Waals surface area contributed by atoms with E-state index in [0.717, 1.165) is 0 Å². The van der Waals surface area contributed by atoms with Gasteiger partial charge in [0.25, 0.3) is 0 Å². The predicted molar refractivity (Wildman–Crippen MR) is 72.3 cm³/mol. The molecule has 1 amide bonds. The van der Waals surface area contributed by atoms with Crippen LogP contribution in [0.1, 0.15) is 32.4 Å². The number of phenols is 1.